The Hall–Kier alpha value is -3.48. The summed E-state index contributed by atoms with van der Waals surface area (Å²) in [6.07, 6.45) is 7.14. The van der Waals surface area contributed by atoms with Crippen LogP contribution in [-0.4, -0.2) is 33.4 Å². The Morgan fingerprint density at radius 1 is 1.10 bits per heavy atom. The monoisotopic (exact) mass is 404 g/mol. The van der Waals surface area contributed by atoms with Crippen molar-refractivity contribution in [2.75, 3.05) is 11.9 Å². The normalized spacial score (nSPS) is 16.3. The lowest BCUT2D eigenvalue weighted by Gasteiger charge is -2.34. The second-order valence-electron chi connectivity index (χ2n) is 7.39. The zero-order chi connectivity index (χ0) is 20.8. The number of likely N-dealkylation sites (tertiary alicyclic amines) is 1. The third kappa shape index (κ3) is 4.74. The fourth-order valence-electron chi connectivity index (χ4n) is 3.75. The lowest BCUT2D eigenvalue weighted by atomic mass is 9.98. The number of amides is 2. The van der Waals surface area contributed by atoms with Gasteiger partial charge in [0, 0.05) is 37.1 Å². The van der Waals surface area contributed by atoms with Crippen LogP contribution in [0.4, 0.5) is 5.69 Å². The largest absolute Gasteiger partial charge is 0.358 e. The topological polar surface area (TPSA) is 88.3 Å². The summed E-state index contributed by atoms with van der Waals surface area (Å²) in [5.41, 5.74) is 1.98. The molecule has 7 heteroatoms. The first kappa shape index (κ1) is 19.8. The van der Waals surface area contributed by atoms with Crippen LogP contribution in [-0.2, 0) is 11.2 Å². The fraction of sp³-hybridized carbons (Fsp3) is 0.304. The molecule has 0 aliphatic carbocycles. The van der Waals surface area contributed by atoms with Gasteiger partial charge in [0.15, 0.2) is 11.5 Å². The second-order valence-corrected chi connectivity index (χ2v) is 7.39. The number of anilines is 1. The Labute approximate surface area is 175 Å². The van der Waals surface area contributed by atoms with Gasteiger partial charge in [0.25, 0.3) is 5.91 Å². The van der Waals surface area contributed by atoms with Crippen LogP contribution in [0.25, 0.3) is 0 Å². The third-order valence-corrected chi connectivity index (χ3v) is 5.32. The molecule has 30 heavy (non-hydrogen) atoms. The number of nitrogens with zero attached hydrogens (tertiary/aromatic N) is 3. The van der Waals surface area contributed by atoms with Crippen molar-refractivity contribution < 1.29 is 14.1 Å². The van der Waals surface area contributed by atoms with Crippen molar-refractivity contribution in [1.29, 1.82) is 0 Å². The molecule has 1 aliphatic rings. The number of piperidine rings is 1. The molecule has 2 amide bonds. The van der Waals surface area contributed by atoms with Crippen molar-refractivity contribution in [2.24, 2.45) is 0 Å². The van der Waals surface area contributed by atoms with E-state index in [1.54, 1.807) is 30.6 Å². The summed E-state index contributed by atoms with van der Waals surface area (Å²) in [6.45, 7) is 0.692. The Morgan fingerprint density at radius 3 is 2.70 bits per heavy atom. The van der Waals surface area contributed by atoms with Crippen molar-refractivity contribution in [3.8, 4) is 0 Å². The number of carbonyl (C=O) groups is 2. The molecule has 2 aromatic heterocycles. The van der Waals surface area contributed by atoms with Crippen molar-refractivity contribution in [2.45, 2.75) is 38.1 Å². The van der Waals surface area contributed by atoms with Crippen LogP contribution in [0.2, 0.25) is 0 Å². The number of pyridine rings is 1. The van der Waals surface area contributed by atoms with E-state index in [9.17, 15) is 9.59 Å². The number of hydrogen-bond donors (Lipinski definition) is 1. The molecule has 1 aromatic carbocycles. The molecule has 0 saturated carbocycles. The van der Waals surface area contributed by atoms with Crippen LogP contribution in [0.15, 0.2) is 65.4 Å². The molecule has 1 unspecified atom stereocenters. The summed E-state index contributed by atoms with van der Waals surface area (Å²) in [7, 11) is 0. The molecule has 0 spiro atoms. The van der Waals surface area contributed by atoms with Gasteiger partial charge in [0.1, 0.15) is 0 Å². The fourth-order valence-corrected chi connectivity index (χ4v) is 3.75. The maximum atomic E-state index is 12.9. The van der Waals surface area contributed by atoms with Crippen molar-refractivity contribution in [3.63, 3.8) is 0 Å². The molecule has 7 nitrogen and oxygen atoms in total. The molecule has 1 atom stereocenters. The molecule has 1 N–H and O–H groups in total. The number of nitrogens with one attached hydrogen (secondary N) is 1. The molecule has 3 aromatic rings. The van der Waals surface area contributed by atoms with E-state index in [1.165, 1.54) is 0 Å². The summed E-state index contributed by atoms with van der Waals surface area (Å²) in [5, 5.41) is 6.70. The molecule has 1 fully saturated rings. The zero-order valence-corrected chi connectivity index (χ0v) is 16.7. The molecular formula is C23H24N4O3. The van der Waals surface area contributed by atoms with Gasteiger partial charge in [-0.1, -0.05) is 35.5 Å². The van der Waals surface area contributed by atoms with E-state index in [-0.39, 0.29) is 23.6 Å². The first-order valence-electron chi connectivity index (χ1n) is 10.2. The van der Waals surface area contributed by atoms with Gasteiger partial charge in [-0.25, -0.2) is 0 Å². The number of hydrogen-bond acceptors (Lipinski definition) is 5. The standard InChI is InChI=1S/C23H24N4O3/c28-22(10-9-17-6-2-1-3-7-17)27-15-5-4-8-20(27)21-16-19(26-30-21)23(29)25-18-11-13-24-14-12-18/h1-3,6-7,11-14,16,20H,4-5,8-10,15H2,(H,24,25,29). The van der Waals surface area contributed by atoms with Crippen LogP contribution < -0.4 is 5.32 Å². The summed E-state index contributed by atoms with van der Waals surface area (Å²) in [4.78, 5) is 31.2. The van der Waals surface area contributed by atoms with Crippen LogP contribution in [0.1, 0.15) is 53.5 Å². The lowest BCUT2D eigenvalue weighted by molar-refractivity contribution is -0.135. The third-order valence-electron chi connectivity index (χ3n) is 5.32. The van der Waals surface area contributed by atoms with E-state index < -0.39 is 0 Å². The van der Waals surface area contributed by atoms with E-state index in [1.807, 2.05) is 35.2 Å². The zero-order valence-electron chi connectivity index (χ0n) is 16.7. The van der Waals surface area contributed by atoms with Crippen molar-refractivity contribution in [3.05, 3.63) is 77.9 Å². The first-order chi connectivity index (χ1) is 14.7. The van der Waals surface area contributed by atoms with Gasteiger partial charge in [0.05, 0.1) is 6.04 Å². The van der Waals surface area contributed by atoms with Gasteiger partial charge in [-0.2, -0.15) is 0 Å². The average Bonchev–Trinajstić information content (AvgIpc) is 3.29. The highest BCUT2D eigenvalue weighted by molar-refractivity contribution is 6.02. The summed E-state index contributed by atoms with van der Waals surface area (Å²) in [5.74, 6) is 0.305. The summed E-state index contributed by atoms with van der Waals surface area (Å²) in [6, 6.07) is 14.9. The highest BCUT2D eigenvalue weighted by Gasteiger charge is 2.31. The number of aromatic nitrogens is 2. The minimum Gasteiger partial charge on any atom is -0.358 e. The molecule has 0 bridgehead atoms. The van der Waals surface area contributed by atoms with Crippen molar-refractivity contribution >= 4 is 17.5 Å². The average molecular weight is 404 g/mol. The van der Waals surface area contributed by atoms with Gasteiger partial charge in [-0.05, 0) is 43.4 Å². The molecule has 3 heterocycles. The predicted octanol–water partition coefficient (Wildman–Crippen LogP) is 4.01. The van der Waals surface area contributed by atoms with E-state index in [2.05, 4.69) is 15.5 Å². The maximum absolute atomic E-state index is 12.9. The summed E-state index contributed by atoms with van der Waals surface area (Å²) < 4.78 is 5.49. The highest BCUT2D eigenvalue weighted by Crippen LogP contribution is 2.32. The number of benzene rings is 1. The quantitative estimate of drug-likeness (QED) is 0.671. The second kappa shape index (κ2) is 9.35. The van der Waals surface area contributed by atoms with Crippen molar-refractivity contribution in [1.82, 2.24) is 15.0 Å². The van der Waals surface area contributed by atoms with Crippen LogP contribution in [0.3, 0.4) is 0 Å². The molecule has 1 aliphatic heterocycles. The van der Waals surface area contributed by atoms with E-state index >= 15 is 0 Å². The SMILES string of the molecule is O=C(Nc1ccncc1)c1cc(C2CCCCN2C(=O)CCc2ccccc2)on1. The molecule has 4 rings (SSSR count). The number of aryl methyl sites for hydroxylation is 1. The van der Waals surface area contributed by atoms with Gasteiger partial charge < -0.3 is 14.7 Å². The number of carbonyl (C=O) groups excluding carboxylic acids is 2. The Kier molecular flexibility index (Phi) is 6.17. The first-order valence-corrected chi connectivity index (χ1v) is 10.2. The van der Waals surface area contributed by atoms with E-state index in [0.29, 0.717) is 30.8 Å². The van der Waals surface area contributed by atoms with Gasteiger partial charge in [-0.15, -0.1) is 0 Å². The minimum atomic E-state index is -0.353. The van der Waals surface area contributed by atoms with Gasteiger partial charge in [-0.3, -0.25) is 14.6 Å². The smallest absolute Gasteiger partial charge is 0.277 e. The lowest BCUT2D eigenvalue weighted by Crippen LogP contribution is -2.38. The van der Waals surface area contributed by atoms with Crippen LogP contribution >= 0.6 is 0 Å². The Morgan fingerprint density at radius 2 is 1.90 bits per heavy atom. The van der Waals surface area contributed by atoms with Gasteiger partial charge >= 0.3 is 0 Å². The summed E-state index contributed by atoms with van der Waals surface area (Å²) >= 11 is 0. The van der Waals surface area contributed by atoms with Crippen LogP contribution in [0, 0.1) is 0 Å². The molecule has 1 saturated heterocycles. The Balaban J connectivity index is 1.42. The Bertz CT molecular complexity index is 988. The predicted molar refractivity (Wildman–Crippen MR) is 112 cm³/mol. The number of rotatable bonds is 6. The minimum absolute atomic E-state index is 0.0998. The molecule has 154 valence electrons. The molecular weight excluding hydrogens is 380 g/mol. The van der Waals surface area contributed by atoms with Crippen LogP contribution in [0.5, 0.6) is 0 Å². The molecule has 0 radical (unpaired) electrons. The van der Waals surface area contributed by atoms with E-state index in [4.69, 9.17) is 4.52 Å². The van der Waals surface area contributed by atoms with E-state index in [0.717, 1.165) is 24.8 Å². The maximum Gasteiger partial charge on any atom is 0.277 e. The highest BCUT2D eigenvalue weighted by atomic mass is 16.5. The van der Waals surface area contributed by atoms with Gasteiger partial charge in [0.2, 0.25) is 5.91 Å².